The van der Waals surface area contributed by atoms with E-state index in [1.54, 1.807) is 25.1 Å². The first-order valence-electron chi connectivity index (χ1n) is 10.5. The lowest BCUT2D eigenvalue weighted by Crippen LogP contribution is -2.12. The number of esters is 1. The Hall–Kier alpha value is -3.71. The van der Waals surface area contributed by atoms with Gasteiger partial charge >= 0.3 is 5.97 Å². The molecule has 0 bridgehead atoms. The van der Waals surface area contributed by atoms with E-state index in [-0.39, 0.29) is 23.7 Å². The molecule has 6 nitrogen and oxygen atoms in total. The van der Waals surface area contributed by atoms with Crippen molar-refractivity contribution in [3.8, 4) is 11.5 Å². The summed E-state index contributed by atoms with van der Waals surface area (Å²) in [5.41, 5.74) is 1.42. The molecule has 0 atom stereocenters. The van der Waals surface area contributed by atoms with Crippen molar-refractivity contribution < 1.29 is 24.5 Å². The summed E-state index contributed by atoms with van der Waals surface area (Å²) >= 11 is 1.19. The highest BCUT2D eigenvalue weighted by Gasteiger charge is 2.33. The maximum absolute atomic E-state index is 12.7. The second kappa shape index (κ2) is 9.83. The van der Waals surface area contributed by atoms with Crippen LogP contribution in [0, 0.1) is 0 Å². The van der Waals surface area contributed by atoms with Crippen molar-refractivity contribution in [2.75, 3.05) is 13.2 Å². The molecular formula is C26H23NO5S. The van der Waals surface area contributed by atoms with Crippen LogP contribution in [0.4, 0.5) is 5.69 Å². The molecule has 0 amide bonds. The summed E-state index contributed by atoms with van der Waals surface area (Å²) in [6.07, 6.45) is 1.72. The monoisotopic (exact) mass is 461 g/mol. The third-order valence-corrected chi connectivity index (χ3v) is 5.96. The number of nitrogens with zero attached hydrogens (tertiary/aromatic N) is 1. The van der Waals surface area contributed by atoms with E-state index in [1.165, 1.54) is 17.8 Å². The second-order valence-electron chi connectivity index (χ2n) is 7.13. The third kappa shape index (κ3) is 4.73. The Labute approximate surface area is 195 Å². The van der Waals surface area contributed by atoms with E-state index < -0.39 is 5.97 Å². The quantitative estimate of drug-likeness (QED) is 0.429. The highest BCUT2D eigenvalue weighted by Crippen LogP contribution is 2.41. The zero-order chi connectivity index (χ0) is 23.4. The van der Waals surface area contributed by atoms with E-state index in [9.17, 15) is 15.0 Å². The molecule has 0 aromatic heterocycles. The molecule has 3 aromatic carbocycles. The van der Waals surface area contributed by atoms with Crippen LogP contribution in [0.15, 0.2) is 81.9 Å². The molecule has 0 saturated carbocycles. The van der Waals surface area contributed by atoms with Crippen LogP contribution in [0.1, 0.15) is 19.4 Å². The number of benzene rings is 3. The number of fused-ring (bicyclic) bond motifs is 1. The Balaban J connectivity index is 1.79. The van der Waals surface area contributed by atoms with Gasteiger partial charge in [0.25, 0.3) is 0 Å². The zero-order valence-corrected chi connectivity index (χ0v) is 19.1. The predicted molar refractivity (Wildman–Crippen MR) is 132 cm³/mol. The number of aliphatic imine (C=N–C) groups is 1. The topological polar surface area (TPSA) is 88.4 Å². The molecule has 1 heterocycles. The van der Waals surface area contributed by atoms with Crippen molar-refractivity contribution in [3.63, 3.8) is 0 Å². The number of rotatable bonds is 6. The Morgan fingerprint density at radius 1 is 1.03 bits per heavy atom. The minimum Gasteiger partial charge on any atom is -0.506 e. The van der Waals surface area contributed by atoms with Crippen molar-refractivity contribution in [1.29, 1.82) is 0 Å². The summed E-state index contributed by atoms with van der Waals surface area (Å²) in [6, 6.07) is 18.5. The number of thioether (sulfide) groups is 1. The fourth-order valence-electron chi connectivity index (χ4n) is 3.45. The fourth-order valence-corrected chi connectivity index (χ4v) is 4.48. The Morgan fingerprint density at radius 2 is 1.82 bits per heavy atom. The number of aliphatic hydroxyl groups is 1. The van der Waals surface area contributed by atoms with Crippen molar-refractivity contribution in [2.24, 2.45) is 4.99 Å². The number of carbonyl (C=O) groups is 1. The largest absolute Gasteiger partial charge is 0.506 e. The molecule has 0 saturated heterocycles. The Bertz CT molecular complexity index is 1300. The molecule has 1 aliphatic heterocycles. The molecule has 2 N–H and O–H groups in total. The number of ether oxygens (including phenoxy) is 2. The number of hydrogen-bond donors (Lipinski definition) is 2. The molecule has 0 spiro atoms. The number of phenolic OH excluding ortho intramolecular Hbond substituents is 1. The number of carbonyl (C=O) groups excluding carboxylic acids is 1. The van der Waals surface area contributed by atoms with E-state index in [1.807, 2.05) is 49.4 Å². The molecule has 0 unspecified atom stereocenters. The van der Waals surface area contributed by atoms with Gasteiger partial charge in [-0.25, -0.2) is 9.79 Å². The average Bonchev–Trinajstić information content (AvgIpc) is 3.11. The molecule has 3 aromatic rings. The van der Waals surface area contributed by atoms with Gasteiger partial charge in [-0.15, -0.1) is 0 Å². The summed E-state index contributed by atoms with van der Waals surface area (Å²) in [5.74, 6) is -0.453. The van der Waals surface area contributed by atoms with Gasteiger partial charge < -0.3 is 19.7 Å². The molecule has 1 aliphatic rings. The lowest BCUT2D eigenvalue weighted by molar-refractivity contribution is -0.138. The lowest BCUT2D eigenvalue weighted by Gasteiger charge is -2.07. The van der Waals surface area contributed by atoms with Crippen LogP contribution in [-0.2, 0) is 9.53 Å². The first kappa shape index (κ1) is 22.5. The van der Waals surface area contributed by atoms with E-state index in [4.69, 9.17) is 14.5 Å². The number of aromatic hydroxyl groups is 1. The van der Waals surface area contributed by atoms with Gasteiger partial charge in [-0.3, -0.25) is 0 Å². The summed E-state index contributed by atoms with van der Waals surface area (Å²) < 4.78 is 10.6. The van der Waals surface area contributed by atoms with Crippen LogP contribution in [0.25, 0.3) is 16.8 Å². The molecule has 168 valence electrons. The van der Waals surface area contributed by atoms with Crippen LogP contribution >= 0.6 is 11.8 Å². The molecule has 0 fully saturated rings. The molecule has 0 radical (unpaired) electrons. The molecule has 33 heavy (non-hydrogen) atoms. The van der Waals surface area contributed by atoms with E-state index in [2.05, 4.69) is 0 Å². The maximum Gasteiger partial charge on any atom is 0.344 e. The van der Waals surface area contributed by atoms with Crippen molar-refractivity contribution in [1.82, 2.24) is 0 Å². The maximum atomic E-state index is 12.7. The van der Waals surface area contributed by atoms with Gasteiger partial charge in [0.15, 0.2) is 11.5 Å². The van der Waals surface area contributed by atoms with Gasteiger partial charge in [0.05, 0.1) is 23.8 Å². The molecule has 0 aliphatic carbocycles. The summed E-state index contributed by atoms with van der Waals surface area (Å²) in [5, 5.41) is 23.2. The zero-order valence-electron chi connectivity index (χ0n) is 18.2. The van der Waals surface area contributed by atoms with E-state index in [0.29, 0.717) is 33.6 Å². The van der Waals surface area contributed by atoms with Gasteiger partial charge in [-0.1, -0.05) is 54.2 Å². The lowest BCUT2D eigenvalue weighted by atomic mass is 10.1. The fraction of sp³-hybridized carbons (Fsp3) is 0.154. The molecule has 4 rings (SSSR count). The van der Waals surface area contributed by atoms with Crippen LogP contribution in [0.2, 0.25) is 0 Å². The minimum absolute atomic E-state index is 0.0308. The SMILES string of the molecule is CCOC(=O)C1=C(O)C(=Cc2ccc(O)c(OCC)c2)SC1=Nc1cccc2ccccc12. The van der Waals surface area contributed by atoms with Crippen molar-refractivity contribution in [3.05, 3.63) is 82.5 Å². The second-order valence-corrected chi connectivity index (χ2v) is 8.16. The van der Waals surface area contributed by atoms with Gasteiger partial charge in [-0.05, 0) is 49.1 Å². The smallest absolute Gasteiger partial charge is 0.344 e. The molecule has 7 heteroatoms. The van der Waals surface area contributed by atoms with E-state index >= 15 is 0 Å². The van der Waals surface area contributed by atoms with E-state index in [0.717, 1.165) is 10.8 Å². The Kier molecular flexibility index (Phi) is 6.70. The standard InChI is InChI=1S/C26H23NO5S/c1-3-31-21-14-16(12-13-20(21)28)15-22-24(29)23(26(30)32-4-2)25(33-22)27-19-11-7-9-17-8-5-6-10-18(17)19/h5-15,28-29H,3-4H2,1-2H3. The summed E-state index contributed by atoms with van der Waals surface area (Å²) in [7, 11) is 0. The van der Waals surface area contributed by atoms with Gasteiger partial charge in [0, 0.05) is 5.39 Å². The van der Waals surface area contributed by atoms with Crippen LogP contribution in [0.5, 0.6) is 11.5 Å². The number of phenols is 1. The Morgan fingerprint density at radius 3 is 2.61 bits per heavy atom. The molecular weight excluding hydrogens is 438 g/mol. The first-order valence-corrected chi connectivity index (χ1v) is 11.4. The first-order chi connectivity index (χ1) is 16.0. The third-order valence-electron chi connectivity index (χ3n) is 4.94. The van der Waals surface area contributed by atoms with Crippen LogP contribution in [0.3, 0.4) is 0 Å². The van der Waals surface area contributed by atoms with Crippen molar-refractivity contribution in [2.45, 2.75) is 13.8 Å². The minimum atomic E-state index is -0.634. The van der Waals surface area contributed by atoms with Gasteiger partial charge in [-0.2, -0.15) is 0 Å². The number of hydrogen-bond acceptors (Lipinski definition) is 7. The van der Waals surface area contributed by atoms with Crippen LogP contribution in [-0.4, -0.2) is 34.4 Å². The predicted octanol–water partition coefficient (Wildman–Crippen LogP) is 6.14. The van der Waals surface area contributed by atoms with Gasteiger partial charge in [0.1, 0.15) is 16.4 Å². The van der Waals surface area contributed by atoms with Crippen molar-refractivity contribution >= 4 is 45.3 Å². The highest BCUT2D eigenvalue weighted by molar-refractivity contribution is 8.18. The normalized spacial score (nSPS) is 16.1. The average molecular weight is 462 g/mol. The van der Waals surface area contributed by atoms with Gasteiger partial charge in [0.2, 0.25) is 0 Å². The summed E-state index contributed by atoms with van der Waals surface area (Å²) in [4.78, 5) is 17.9. The summed E-state index contributed by atoms with van der Waals surface area (Å²) in [6.45, 7) is 4.12. The highest BCUT2D eigenvalue weighted by atomic mass is 32.2. The number of aliphatic hydroxyl groups excluding tert-OH is 1. The van der Waals surface area contributed by atoms with Crippen LogP contribution < -0.4 is 4.74 Å².